The third kappa shape index (κ3) is 1.41. The van der Waals surface area contributed by atoms with Gasteiger partial charge in [-0.05, 0) is 19.9 Å². The van der Waals surface area contributed by atoms with E-state index in [-0.39, 0.29) is 0 Å². The average molecular weight is 131 g/mol. The van der Waals surface area contributed by atoms with Gasteiger partial charge < -0.3 is 15.5 Å². The fourth-order valence-corrected chi connectivity index (χ4v) is 1.01. The molecule has 1 aliphatic rings. The molecule has 1 heterocycles. The van der Waals surface area contributed by atoms with Crippen LogP contribution in [0.5, 0.6) is 0 Å². The molecule has 0 aromatic heterocycles. The molecule has 0 amide bonds. The van der Waals surface area contributed by atoms with Crippen LogP contribution in [0.4, 0.5) is 0 Å². The minimum atomic E-state index is -0.918. The van der Waals surface area contributed by atoms with Crippen molar-refractivity contribution < 1.29 is 10.2 Å². The second kappa shape index (κ2) is 2.25. The fraction of sp³-hybridized carbons (Fsp3) is 1.00. The van der Waals surface area contributed by atoms with Crippen molar-refractivity contribution in [3.8, 4) is 0 Å². The number of aliphatic hydroxyl groups is 2. The number of nitrogens with one attached hydrogen (secondary N) is 1. The van der Waals surface area contributed by atoms with Crippen LogP contribution in [0.3, 0.4) is 0 Å². The summed E-state index contributed by atoms with van der Waals surface area (Å²) in [5.41, 5.74) is -0.918. The summed E-state index contributed by atoms with van der Waals surface area (Å²) in [6.07, 6.45) is 0.0891. The largest absolute Gasteiger partial charge is 0.390 e. The molecule has 1 rings (SSSR count). The van der Waals surface area contributed by atoms with E-state index in [1.165, 1.54) is 0 Å². The minimum Gasteiger partial charge on any atom is -0.390 e. The van der Waals surface area contributed by atoms with Crippen molar-refractivity contribution in [1.29, 1.82) is 0 Å². The lowest BCUT2D eigenvalue weighted by molar-refractivity contribution is -0.0763. The van der Waals surface area contributed by atoms with Crippen molar-refractivity contribution in [2.75, 3.05) is 13.1 Å². The molecule has 0 aliphatic carbocycles. The van der Waals surface area contributed by atoms with Crippen LogP contribution in [0.15, 0.2) is 0 Å². The molecule has 1 fully saturated rings. The van der Waals surface area contributed by atoms with Crippen molar-refractivity contribution >= 4 is 0 Å². The van der Waals surface area contributed by atoms with Crippen LogP contribution < -0.4 is 5.32 Å². The first-order chi connectivity index (χ1) is 4.13. The quantitative estimate of drug-likeness (QED) is 0.399. The Morgan fingerprint density at radius 2 is 2.33 bits per heavy atom. The molecule has 0 spiro atoms. The summed E-state index contributed by atoms with van der Waals surface area (Å²) >= 11 is 0. The van der Waals surface area contributed by atoms with Gasteiger partial charge in [-0.3, -0.25) is 0 Å². The first kappa shape index (κ1) is 6.99. The van der Waals surface area contributed by atoms with E-state index in [1.807, 2.05) is 0 Å². The maximum atomic E-state index is 9.33. The fourth-order valence-electron chi connectivity index (χ4n) is 1.01. The topological polar surface area (TPSA) is 52.5 Å². The van der Waals surface area contributed by atoms with E-state index in [4.69, 9.17) is 5.11 Å². The normalized spacial score (nSPS) is 45.0. The average Bonchev–Trinajstić information content (AvgIpc) is 1.77. The molecule has 2 atom stereocenters. The van der Waals surface area contributed by atoms with Crippen molar-refractivity contribution in [2.45, 2.75) is 25.0 Å². The molecule has 0 bridgehead atoms. The SMILES string of the molecule is CC1(O)CNCCC1O. The second-order valence-corrected chi connectivity index (χ2v) is 2.84. The van der Waals surface area contributed by atoms with Gasteiger partial charge in [0.25, 0.3) is 0 Å². The van der Waals surface area contributed by atoms with Gasteiger partial charge in [0.05, 0.1) is 6.10 Å². The van der Waals surface area contributed by atoms with Crippen LogP contribution in [0, 0.1) is 0 Å². The molecule has 0 aromatic rings. The molecule has 9 heavy (non-hydrogen) atoms. The van der Waals surface area contributed by atoms with Gasteiger partial charge in [0, 0.05) is 6.54 Å². The minimum absolute atomic E-state index is 0.494. The Labute approximate surface area is 54.7 Å². The molecule has 0 aromatic carbocycles. The van der Waals surface area contributed by atoms with Crippen LogP contribution >= 0.6 is 0 Å². The maximum Gasteiger partial charge on any atom is 0.100 e. The van der Waals surface area contributed by atoms with Crippen LogP contribution in [-0.2, 0) is 0 Å². The van der Waals surface area contributed by atoms with Crippen molar-refractivity contribution in [1.82, 2.24) is 5.32 Å². The highest BCUT2D eigenvalue weighted by Gasteiger charge is 2.32. The van der Waals surface area contributed by atoms with Crippen LogP contribution in [0.25, 0.3) is 0 Å². The predicted octanol–water partition coefficient (Wildman–Crippen LogP) is -0.908. The van der Waals surface area contributed by atoms with Gasteiger partial charge in [-0.2, -0.15) is 0 Å². The lowest BCUT2D eigenvalue weighted by atomic mass is 9.93. The highest BCUT2D eigenvalue weighted by molar-refractivity contribution is 4.88. The molecular weight excluding hydrogens is 118 g/mol. The second-order valence-electron chi connectivity index (χ2n) is 2.84. The van der Waals surface area contributed by atoms with Crippen LogP contribution in [0.1, 0.15) is 13.3 Å². The number of aliphatic hydroxyl groups excluding tert-OH is 1. The third-order valence-electron chi connectivity index (χ3n) is 1.80. The first-order valence-corrected chi connectivity index (χ1v) is 3.24. The van der Waals surface area contributed by atoms with E-state index < -0.39 is 11.7 Å². The number of hydrogen-bond acceptors (Lipinski definition) is 3. The molecule has 3 N–H and O–H groups in total. The molecule has 1 aliphatic heterocycles. The molecule has 0 radical (unpaired) electrons. The van der Waals surface area contributed by atoms with Gasteiger partial charge in [-0.15, -0.1) is 0 Å². The summed E-state index contributed by atoms with van der Waals surface area (Å²) in [6, 6.07) is 0. The zero-order chi connectivity index (χ0) is 6.91. The number of hydrogen-bond donors (Lipinski definition) is 3. The summed E-state index contributed by atoms with van der Waals surface area (Å²) in [6.45, 7) is 2.94. The smallest absolute Gasteiger partial charge is 0.100 e. The standard InChI is InChI=1S/C6H13NO2/c1-6(9)4-7-3-2-5(6)8/h5,7-9H,2-4H2,1H3. The van der Waals surface area contributed by atoms with E-state index in [9.17, 15) is 5.11 Å². The van der Waals surface area contributed by atoms with Gasteiger partial charge in [0.1, 0.15) is 5.60 Å². The van der Waals surface area contributed by atoms with Crippen LogP contribution in [0.2, 0.25) is 0 Å². The molecule has 0 saturated carbocycles. The third-order valence-corrected chi connectivity index (χ3v) is 1.80. The number of β-amino-alcohol motifs (C(OH)–C–C–N with tert-alkyl or cyclic N) is 1. The van der Waals surface area contributed by atoms with E-state index in [1.54, 1.807) is 6.92 Å². The number of rotatable bonds is 0. The Balaban J connectivity index is 2.49. The summed E-state index contributed by atoms with van der Waals surface area (Å²) in [5, 5.41) is 21.5. The predicted molar refractivity (Wildman–Crippen MR) is 34.1 cm³/mol. The van der Waals surface area contributed by atoms with Gasteiger partial charge in [0.2, 0.25) is 0 Å². The summed E-state index contributed by atoms with van der Waals surface area (Å²) in [7, 11) is 0. The van der Waals surface area contributed by atoms with E-state index >= 15 is 0 Å². The summed E-state index contributed by atoms with van der Waals surface area (Å²) < 4.78 is 0. The molecule has 54 valence electrons. The molecule has 3 heteroatoms. The Kier molecular flexibility index (Phi) is 1.75. The zero-order valence-corrected chi connectivity index (χ0v) is 5.59. The Hall–Kier alpha value is -0.120. The summed E-state index contributed by atoms with van der Waals surface area (Å²) in [5.74, 6) is 0. The summed E-state index contributed by atoms with van der Waals surface area (Å²) in [4.78, 5) is 0. The van der Waals surface area contributed by atoms with Crippen molar-refractivity contribution in [2.24, 2.45) is 0 Å². The van der Waals surface area contributed by atoms with Gasteiger partial charge in [-0.1, -0.05) is 0 Å². The van der Waals surface area contributed by atoms with E-state index in [2.05, 4.69) is 5.32 Å². The van der Waals surface area contributed by atoms with Crippen molar-refractivity contribution in [3.63, 3.8) is 0 Å². The number of piperidine rings is 1. The molecule has 2 unspecified atom stereocenters. The van der Waals surface area contributed by atoms with E-state index in [0.717, 1.165) is 6.54 Å². The lowest BCUT2D eigenvalue weighted by Crippen LogP contribution is -2.53. The van der Waals surface area contributed by atoms with Gasteiger partial charge >= 0.3 is 0 Å². The Bertz CT molecular complexity index is 103. The zero-order valence-electron chi connectivity index (χ0n) is 5.59. The highest BCUT2D eigenvalue weighted by Crippen LogP contribution is 2.14. The van der Waals surface area contributed by atoms with Crippen LogP contribution in [-0.4, -0.2) is 35.0 Å². The van der Waals surface area contributed by atoms with E-state index in [0.29, 0.717) is 13.0 Å². The van der Waals surface area contributed by atoms with Gasteiger partial charge in [-0.25, -0.2) is 0 Å². The Morgan fingerprint density at radius 3 is 2.67 bits per heavy atom. The lowest BCUT2D eigenvalue weighted by Gasteiger charge is -2.33. The monoisotopic (exact) mass is 131 g/mol. The Morgan fingerprint density at radius 1 is 1.67 bits per heavy atom. The highest BCUT2D eigenvalue weighted by atomic mass is 16.3. The maximum absolute atomic E-state index is 9.33. The molecule has 1 saturated heterocycles. The molecular formula is C6H13NO2. The first-order valence-electron chi connectivity index (χ1n) is 3.24. The van der Waals surface area contributed by atoms with Gasteiger partial charge in [0.15, 0.2) is 0 Å². The van der Waals surface area contributed by atoms with Crippen molar-refractivity contribution in [3.05, 3.63) is 0 Å². The molecule has 3 nitrogen and oxygen atoms in total.